The van der Waals surface area contributed by atoms with E-state index in [-0.39, 0.29) is 21.0 Å². The predicted molar refractivity (Wildman–Crippen MR) is 75.2 cm³/mol. The molecule has 0 radical (unpaired) electrons. The Hall–Kier alpha value is -1.11. The molecule has 1 saturated carbocycles. The maximum Gasteiger partial charge on any atom is 0.338 e. The number of rotatable bonds is 5. The molecule has 1 aliphatic carbocycles. The Morgan fingerprint density at radius 3 is 2.65 bits per heavy atom. The van der Waals surface area contributed by atoms with Gasteiger partial charge in [-0.2, -0.15) is 0 Å². The van der Waals surface area contributed by atoms with Gasteiger partial charge in [0, 0.05) is 5.02 Å². The highest BCUT2D eigenvalue weighted by Gasteiger charge is 2.23. The zero-order chi connectivity index (χ0) is 14.9. The summed E-state index contributed by atoms with van der Waals surface area (Å²) in [5, 5.41) is 5.24. The van der Waals surface area contributed by atoms with E-state index in [9.17, 15) is 13.2 Å². The maximum atomic E-state index is 12.0. The third kappa shape index (κ3) is 3.71. The minimum atomic E-state index is -3.93. The van der Waals surface area contributed by atoms with E-state index in [0.717, 1.165) is 6.42 Å². The summed E-state index contributed by atoms with van der Waals surface area (Å²) in [5.41, 5.74) is 0.394. The van der Waals surface area contributed by atoms with Crippen LogP contribution >= 0.6 is 11.6 Å². The van der Waals surface area contributed by atoms with Crippen molar-refractivity contribution in [1.82, 2.24) is 0 Å². The van der Waals surface area contributed by atoms with Crippen LogP contribution in [-0.4, -0.2) is 21.0 Å². The van der Waals surface area contributed by atoms with Crippen molar-refractivity contribution in [1.29, 1.82) is 0 Å². The fourth-order valence-electron chi connectivity index (χ4n) is 1.96. The molecule has 7 heteroatoms. The molecule has 2 N–H and O–H groups in total. The molecule has 0 aromatic heterocycles. The number of hydrogen-bond acceptors (Lipinski definition) is 4. The molecule has 0 heterocycles. The minimum absolute atomic E-state index is 0.133. The number of carbonyl (C=O) groups is 1. The molecular formula is C13H16ClNO4S. The van der Waals surface area contributed by atoms with Crippen LogP contribution < -0.4 is 5.14 Å². The topological polar surface area (TPSA) is 86.5 Å². The number of benzene rings is 1. The third-order valence-electron chi connectivity index (χ3n) is 3.31. The molecular weight excluding hydrogens is 302 g/mol. The van der Waals surface area contributed by atoms with Crippen molar-refractivity contribution in [2.45, 2.75) is 31.1 Å². The minimum Gasteiger partial charge on any atom is -0.462 e. The smallest absolute Gasteiger partial charge is 0.338 e. The molecule has 0 unspecified atom stereocenters. The van der Waals surface area contributed by atoms with E-state index in [0.29, 0.717) is 12.5 Å². The van der Waals surface area contributed by atoms with Crippen LogP contribution in [0, 0.1) is 12.8 Å². The second-order valence-corrected chi connectivity index (χ2v) is 6.96. The van der Waals surface area contributed by atoms with Crippen molar-refractivity contribution < 1.29 is 17.9 Å². The van der Waals surface area contributed by atoms with Crippen LogP contribution in [0.3, 0.4) is 0 Å². The maximum absolute atomic E-state index is 12.0. The molecule has 1 aliphatic rings. The van der Waals surface area contributed by atoms with Crippen molar-refractivity contribution in [2.24, 2.45) is 11.1 Å². The number of primary sulfonamides is 1. The molecule has 0 atom stereocenters. The Balaban J connectivity index is 2.21. The van der Waals surface area contributed by atoms with Crippen molar-refractivity contribution >= 4 is 27.6 Å². The van der Waals surface area contributed by atoms with E-state index in [1.165, 1.54) is 31.9 Å². The van der Waals surface area contributed by atoms with Crippen LogP contribution in [-0.2, 0) is 14.8 Å². The first-order valence-electron chi connectivity index (χ1n) is 6.29. The Morgan fingerprint density at radius 2 is 2.10 bits per heavy atom. The molecule has 110 valence electrons. The Bertz CT molecular complexity index is 638. The Kier molecular flexibility index (Phi) is 4.36. The zero-order valence-corrected chi connectivity index (χ0v) is 12.6. The summed E-state index contributed by atoms with van der Waals surface area (Å²) in [7, 11) is -3.93. The van der Waals surface area contributed by atoms with E-state index in [1.54, 1.807) is 0 Å². The molecule has 2 rings (SSSR count). The van der Waals surface area contributed by atoms with Crippen LogP contribution in [0.1, 0.15) is 35.2 Å². The quantitative estimate of drug-likeness (QED) is 0.844. The normalized spacial score (nSPS) is 15.2. The molecule has 0 bridgehead atoms. The van der Waals surface area contributed by atoms with E-state index in [2.05, 4.69) is 0 Å². The van der Waals surface area contributed by atoms with Gasteiger partial charge < -0.3 is 4.74 Å². The largest absolute Gasteiger partial charge is 0.462 e. The summed E-state index contributed by atoms with van der Waals surface area (Å²) in [4.78, 5) is 11.8. The summed E-state index contributed by atoms with van der Waals surface area (Å²) in [6.07, 6.45) is 3.21. The van der Waals surface area contributed by atoms with Gasteiger partial charge in [0.25, 0.3) is 0 Å². The fourth-order valence-corrected chi connectivity index (χ4v) is 3.08. The lowest BCUT2D eigenvalue weighted by Gasteiger charge is -2.11. The van der Waals surface area contributed by atoms with Crippen LogP contribution in [0.4, 0.5) is 0 Å². The second kappa shape index (κ2) is 5.71. The SMILES string of the molecule is Cc1c(C(=O)OCCC2CC2)cc(Cl)cc1S(N)(=O)=O. The number of halogens is 1. The summed E-state index contributed by atoms with van der Waals surface area (Å²) in [5.74, 6) is 0.0822. The van der Waals surface area contributed by atoms with E-state index >= 15 is 0 Å². The second-order valence-electron chi connectivity index (χ2n) is 4.99. The first-order chi connectivity index (χ1) is 9.29. The summed E-state index contributed by atoms with van der Waals surface area (Å²) >= 11 is 5.84. The van der Waals surface area contributed by atoms with Gasteiger partial charge in [-0.05, 0) is 37.0 Å². The van der Waals surface area contributed by atoms with E-state index in [1.807, 2.05) is 0 Å². The molecule has 1 fully saturated rings. The van der Waals surface area contributed by atoms with Gasteiger partial charge in [-0.15, -0.1) is 0 Å². The predicted octanol–water partition coefficient (Wildman–Crippen LogP) is 2.25. The Morgan fingerprint density at radius 1 is 1.45 bits per heavy atom. The standard InChI is InChI=1S/C13H16ClNO4S/c1-8-11(13(16)19-5-4-9-2-3-9)6-10(14)7-12(8)20(15,17)18/h6-7,9H,2-5H2,1H3,(H2,15,17,18). The van der Waals surface area contributed by atoms with Gasteiger partial charge in [-0.1, -0.05) is 24.4 Å². The van der Waals surface area contributed by atoms with Gasteiger partial charge in [0.15, 0.2) is 0 Å². The molecule has 20 heavy (non-hydrogen) atoms. The number of nitrogens with two attached hydrogens (primary N) is 1. The van der Waals surface area contributed by atoms with Crippen molar-refractivity contribution in [3.63, 3.8) is 0 Å². The van der Waals surface area contributed by atoms with Crippen molar-refractivity contribution in [3.8, 4) is 0 Å². The molecule has 1 aromatic rings. The van der Waals surface area contributed by atoms with Crippen LogP contribution in [0.5, 0.6) is 0 Å². The van der Waals surface area contributed by atoms with Gasteiger partial charge in [-0.25, -0.2) is 18.4 Å². The Labute approximate surface area is 123 Å². The summed E-state index contributed by atoms with van der Waals surface area (Å²) < 4.78 is 28.1. The van der Waals surface area contributed by atoms with Crippen LogP contribution in [0.25, 0.3) is 0 Å². The van der Waals surface area contributed by atoms with Crippen molar-refractivity contribution in [2.75, 3.05) is 6.61 Å². The highest BCUT2D eigenvalue weighted by Crippen LogP contribution is 2.32. The van der Waals surface area contributed by atoms with E-state index < -0.39 is 16.0 Å². The fraction of sp³-hybridized carbons (Fsp3) is 0.462. The lowest BCUT2D eigenvalue weighted by molar-refractivity contribution is 0.0493. The highest BCUT2D eigenvalue weighted by atomic mass is 35.5. The number of carbonyl (C=O) groups excluding carboxylic acids is 1. The average Bonchev–Trinajstić information content (AvgIpc) is 3.14. The number of esters is 1. The van der Waals surface area contributed by atoms with Crippen LogP contribution in [0.2, 0.25) is 5.02 Å². The summed E-state index contributed by atoms with van der Waals surface area (Å²) in [6, 6.07) is 2.62. The number of ether oxygens (including phenoxy) is 1. The third-order valence-corrected chi connectivity index (χ3v) is 4.56. The molecule has 1 aromatic carbocycles. The monoisotopic (exact) mass is 317 g/mol. The molecule has 0 spiro atoms. The zero-order valence-electron chi connectivity index (χ0n) is 11.1. The molecule has 0 aliphatic heterocycles. The molecule has 5 nitrogen and oxygen atoms in total. The summed E-state index contributed by atoms with van der Waals surface area (Å²) in [6.45, 7) is 1.84. The highest BCUT2D eigenvalue weighted by molar-refractivity contribution is 7.89. The molecule has 0 saturated heterocycles. The number of sulfonamides is 1. The average molecular weight is 318 g/mol. The van der Waals surface area contributed by atoms with Crippen LogP contribution in [0.15, 0.2) is 17.0 Å². The van der Waals surface area contributed by atoms with Gasteiger partial charge in [0.05, 0.1) is 17.1 Å². The first-order valence-corrected chi connectivity index (χ1v) is 8.21. The van der Waals surface area contributed by atoms with Crippen molar-refractivity contribution in [3.05, 3.63) is 28.3 Å². The molecule has 0 amide bonds. The number of hydrogen-bond donors (Lipinski definition) is 1. The lowest BCUT2D eigenvalue weighted by Crippen LogP contribution is -2.17. The lowest BCUT2D eigenvalue weighted by atomic mass is 10.1. The van der Waals surface area contributed by atoms with Gasteiger partial charge in [-0.3, -0.25) is 0 Å². The van der Waals surface area contributed by atoms with Gasteiger partial charge >= 0.3 is 5.97 Å². The van der Waals surface area contributed by atoms with Gasteiger partial charge in [0.1, 0.15) is 0 Å². The first kappa shape index (κ1) is 15.3. The van der Waals surface area contributed by atoms with E-state index in [4.69, 9.17) is 21.5 Å². The van der Waals surface area contributed by atoms with Gasteiger partial charge in [0.2, 0.25) is 10.0 Å².